The van der Waals surface area contributed by atoms with Crippen LogP contribution in [0.1, 0.15) is 19.3 Å². The van der Waals surface area contributed by atoms with E-state index in [0.29, 0.717) is 13.1 Å². The van der Waals surface area contributed by atoms with Gasteiger partial charge in [0, 0.05) is 25.5 Å². The lowest BCUT2D eigenvalue weighted by Gasteiger charge is -2.27. The maximum atomic E-state index is 12.5. The molecule has 1 rings (SSSR count). The standard InChI is InChI=1S/C11H20F2N4O/c1-11(18,8-16(2)3)7-14-6-9-15-4-5-17(9)10(12)13/h4-5,10,14,18H,6-8H2,1-3H3. The van der Waals surface area contributed by atoms with Crippen LogP contribution in [0, 0.1) is 0 Å². The Kier molecular flexibility index (Phi) is 5.18. The van der Waals surface area contributed by atoms with E-state index in [4.69, 9.17) is 0 Å². The van der Waals surface area contributed by atoms with Crippen LogP contribution in [0.15, 0.2) is 12.4 Å². The van der Waals surface area contributed by atoms with Gasteiger partial charge in [0.15, 0.2) is 0 Å². The summed E-state index contributed by atoms with van der Waals surface area (Å²) in [5.41, 5.74) is -0.911. The molecular weight excluding hydrogens is 242 g/mol. The van der Waals surface area contributed by atoms with Crippen molar-refractivity contribution in [3.63, 3.8) is 0 Å². The smallest absolute Gasteiger partial charge is 0.319 e. The molecule has 7 heteroatoms. The Hall–Kier alpha value is -1.05. The second-order valence-corrected chi connectivity index (χ2v) is 4.87. The SMILES string of the molecule is CN(C)CC(C)(O)CNCc1nccn1C(F)F. The van der Waals surface area contributed by atoms with E-state index in [9.17, 15) is 13.9 Å². The molecule has 5 nitrogen and oxygen atoms in total. The summed E-state index contributed by atoms with van der Waals surface area (Å²) in [5, 5.41) is 12.9. The number of nitrogens with one attached hydrogen (secondary N) is 1. The van der Waals surface area contributed by atoms with Crippen LogP contribution in [-0.4, -0.2) is 52.3 Å². The van der Waals surface area contributed by atoms with Crippen LogP contribution in [0.4, 0.5) is 8.78 Å². The Bertz CT molecular complexity index is 366. The predicted octanol–water partition coefficient (Wildman–Crippen LogP) is 0.680. The quantitative estimate of drug-likeness (QED) is 0.759. The minimum Gasteiger partial charge on any atom is -0.388 e. The number of hydrogen-bond acceptors (Lipinski definition) is 4. The summed E-state index contributed by atoms with van der Waals surface area (Å²) < 4.78 is 25.9. The summed E-state index contributed by atoms with van der Waals surface area (Å²) in [4.78, 5) is 5.71. The minimum absolute atomic E-state index is 0.195. The van der Waals surface area contributed by atoms with Crippen molar-refractivity contribution in [3.05, 3.63) is 18.2 Å². The molecule has 0 fully saturated rings. The van der Waals surface area contributed by atoms with Crippen molar-refractivity contribution in [2.24, 2.45) is 0 Å². The van der Waals surface area contributed by atoms with Crippen LogP contribution >= 0.6 is 0 Å². The molecule has 0 saturated heterocycles. The van der Waals surface area contributed by atoms with E-state index in [1.807, 2.05) is 19.0 Å². The number of rotatable bonds is 7. The lowest BCUT2D eigenvalue weighted by atomic mass is 10.1. The molecule has 0 spiro atoms. The van der Waals surface area contributed by atoms with Crippen LogP contribution in [0.25, 0.3) is 0 Å². The van der Waals surface area contributed by atoms with Gasteiger partial charge in [-0.25, -0.2) is 4.98 Å². The molecule has 0 bridgehead atoms. The molecule has 0 amide bonds. The van der Waals surface area contributed by atoms with Gasteiger partial charge in [-0.2, -0.15) is 8.78 Å². The Labute approximate surface area is 105 Å². The van der Waals surface area contributed by atoms with E-state index >= 15 is 0 Å². The molecule has 1 atom stereocenters. The van der Waals surface area contributed by atoms with Gasteiger partial charge in [0.25, 0.3) is 0 Å². The minimum atomic E-state index is -2.59. The van der Waals surface area contributed by atoms with Crippen molar-refractivity contribution in [3.8, 4) is 0 Å². The van der Waals surface area contributed by atoms with E-state index in [1.165, 1.54) is 12.4 Å². The topological polar surface area (TPSA) is 53.3 Å². The Morgan fingerprint density at radius 1 is 1.56 bits per heavy atom. The van der Waals surface area contributed by atoms with Gasteiger partial charge in [0.2, 0.25) is 0 Å². The first-order chi connectivity index (χ1) is 8.32. The van der Waals surface area contributed by atoms with Gasteiger partial charge in [-0.3, -0.25) is 4.57 Å². The highest BCUT2D eigenvalue weighted by Gasteiger charge is 2.21. The second kappa shape index (κ2) is 6.21. The molecule has 1 aromatic heterocycles. The molecule has 0 aromatic carbocycles. The molecule has 1 aromatic rings. The van der Waals surface area contributed by atoms with Gasteiger partial charge in [0.1, 0.15) is 5.82 Å². The molecule has 0 saturated carbocycles. The fourth-order valence-electron chi connectivity index (χ4n) is 1.84. The van der Waals surface area contributed by atoms with E-state index in [-0.39, 0.29) is 12.4 Å². The highest BCUT2D eigenvalue weighted by atomic mass is 19.3. The lowest BCUT2D eigenvalue weighted by molar-refractivity contribution is 0.0327. The molecule has 2 N–H and O–H groups in total. The summed E-state index contributed by atoms with van der Waals surface area (Å²) in [5.74, 6) is 0.255. The molecule has 18 heavy (non-hydrogen) atoms. The van der Waals surface area contributed by atoms with Crippen LogP contribution < -0.4 is 5.32 Å². The van der Waals surface area contributed by atoms with Crippen molar-refractivity contribution in [2.75, 3.05) is 27.2 Å². The molecule has 1 unspecified atom stereocenters. The van der Waals surface area contributed by atoms with E-state index < -0.39 is 12.2 Å². The van der Waals surface area contributed by atoms with Crippen LogP contribution in [0.2, 0.25) is 0 Å². The maximum Gasteiger partial charge on any atom is 0.319 e. The number of imidazole rings is 1. The third kappa shape index (κ3) is 4.67. The fourth-order valence-corrected chi connectivity index (χ4v) is 1.84. The van der Waals surface area contributed by atoms with E-state index in [0.717, 1.165) is 4.57 Å². The Morgan fingerprint density at radius 3 is 2.78 bits per heavy atom. The third-order valence-corrected chi connectivity index (χ3v) is 2.40. The zero-order valence-corrected chi connectivity index (χ0v) is 10.9. The van der Waals surface area contributed by atoms with Crippen molar-refractivity contribution in [2.45, 2.75) is 25.6 Å². The number of aromatic nitrogens is 2. The summed E-state index contributed by atoms with van der Waals surface area (Å²) in [6.45, 7) is 0.0945. The zero-order valence-electron chi connectivity index (χ0n) is 10.9. The van der Waals surface area contributed by atoms with Gasteiger partial charge >= 0.3 is 6.55 Å². The largest absolute Gasteiger partial charge is 0.388 e. The second-order valence-electron chi connectivity index (χ2n) is 4.87. The van der Waals surface area contributed by atoms with Gasteiger partial charge in [-0.05, 0) is 21.0 Å². The Morgan fingerprint density at radius 2 is 2.22 bits per heavy atom. The van der Waals surface area contributed by atoms with Gasteiger partial charge in [-0.1, -0.05) is 0 Å². The number of hydrogen-bond donors (Lipinski definition) is 2. The average molecular weight is 262 g/mol. The number of alkyl halides is 2. The van der Waals surface area contributed by atoms with Crippen molar-refractivity contribution in [1.29, 1.82) is 0 Å². The van der Waals surface area contributed by atoms with Crippen molar-refractivity contribution < 1.29 is 13.9 Å². The van der Waals surface area contributed by atoms with Gasteiger partial charge in [-0.15, -0.1) is 0 Å². The first kappa shape index (κ1) is 15.0. The van der Waals surface area contributed by atoms with E-state index in [2.05, 4.69) is 10.3 Å². The molecule has 0 aliphatic rings. The summed E-state index contributed by atoms with van der Waals surface area (Å²) in [6, 6.07) is 0. The van der Waals surface area contributed by atoms with Crippen molar-refractivity contribution in [1.82, 2.24) is 19.8 Å². The van der Waals surface area contributed by atoms with Crippen LogP contribution in [0.3, 0.4) is 0 Å². The number of likely N-dealkylation sites (N-methyl/N-ethyl adjacent to an activating group) is 1. The summed E-state index contributed by atoms with van der Waals surface area (Å²) in [7, 11) is 3.72. The highest BCUT2D eigenvalue weighted by molar-refractivity contribution is 4.93. The molecule has 104 valence electrons. The number of halogens is 2. The van der Waals surface area contributed by atoms with Gasteiger partial charge < -0.3 is 15.3 Å². The first-order valence-corrected chi connectivity index (χ1v) is 5.69. The van der Waals surface area contributed by atoms with Gasteiger partial charge in [0.05, 0.1) is 12.1 Å². The molecule has 0 radical (unpaired) electrons. The van der Waals surface area contributed by atoms with Crippen molar-refractivity contribution >= 4 is 0 Å². The summed E-state index contributed by atoms with van der Waals surface area (Å²) in [6.07, 6.45) is 2.57. The first-order valence-electron chi connectivity index (χ1n) is 5.69. The zero-order chi connectivity index (χ0) is 13.8. The van der Waals surface area contributed by atoms with E-state index in [1.54, 1.807) is 6.92 Å². The number of aliphatic hydroxyl groups is 1. The monoisotopic (exact) mass is 262 g/mol. The molecule has 1 heterocycles. The number of nitrogens with zero attached hydrogens (tertiary/aromatic N) is 3. The normalized spacial score (nSPS) is 15.3. The highest BCUT2D eigenvalue weighted by Crippen LogP contribution is 2.12. The fraction of sp³-hybridized carbons (Fsp3) is 0.727. The average Bonchev–Trinajstić information content (AvgIpc) is 2.63. The third-order valence-electron chi connectivity index (χ3n) is 2.40. The maximum absolute atomic E-state index is 12.5. The van der Waals surface area contributed by atoms with Crippen LogP contribution in [-0.2, 0) is 6.54 Å². The molecule has 0 aliphatic heterocycles. The summed E-state index contributed by atoms with van der Waals surface area (Å²) >= 11 is 0. The lowest BCUT2D eigenvalue weighted by Crippen LogP contribution is -2.45. The Balaban J connectivity index is 2.44. The van der Waals surface area contributed by atoms with Crippen LogP contribution in [0.5, 0.6) is 0 Å². The molecule has 0 aliphatic carbocycles. The predicted molar refractivity (Wildman–Crippen MR) is 64.4 cm³/mol. The molecular formula is C11H20F2N4O.